The van der Waals surface area contributed by atoms with E-state index in [1.54, 1.807) is 0 Å². The lowest BCUT2D eigenvalue weighted by molar-refractivity contribution is -0.137. The molecule has 5 aliphatic rings. The van der Waals surface area contributed by atoms with Gasteiger partial charge in [0.15, 0.2) is 0 Å². The molecular formula is C18H14F3NO2. The Bertz CT molecular complexity index is 764. The first kappa shape index (κ1) is 14.3. The molecule has 3 nitrogen and oxygen atoms in total. The molecule has 0 spiro atoms. The van der Waals surface area contributed by atoms with Crippen LogP contribution >= 0.6 is 0 Å². The van der Waals surface area contributed by atoms with E-state index < -0.39 is 35.4 Å². The quantitative estimate of drug-likeness (QED) is 0.584. The van der Waals surface area contributed by atoms with Crippen molar-refractivity contribution in [3.8, 4) is 0 Å². The molecule has 3 fully saturated rings. The van der Waals surface area contributed by atoms with E-state index in [2.05, 4.69) is 0 Å². The summed E-state index contributed by atoms with van der Waals surface area (Å²) >= 11 is 0. The standard InChI is InChI=1S/C18H14F3NO2/c19-18(20,21)12-3-1-2-4-13(12)22-16(23)14-8-5-6-9(11-7-10(8)11)15(14)17(22)24/h1-6,8-11,14-15H,7H2/t8-,9+,10-,11-,14+,15+/m1/s1. The van der Waals surface area contributed by atoms with Crippen LogP contribution in [0.15, 0.2) is 36.4 Å². The number of benzene rings is 1. The third kappa shape index (κ3) is 1.63. The number of nitrogens with zero attached hydrogens (tertiary/aromatic N) is 1. The van der Waals surface area contributed by atoms with Crippen LogP contribution in [0.25, 0.3) is 0 Å². The maximum Gasteiger partial charge on any atom is 0.418 e. The zero-order valence-electron chi connectivity index (χ0n) is 12.5. The molecule has 24 heavy (non-hydrogen) atoms. The van der Waals surface area contributed by atoms with E-state index in [0.29, 0.717) is 11.8 Å². The highest BCUT2D eigenvalue weighted by Gasteiger charge is 2.67. The molecule has 1 aromatic rings. The molecule has 1 heterocycles. The lowest BCUT2D eigenvalue weighted by Gasteiger charge is -2.37. The molecule has 2 amide bonds. The second-order valence-electron chi connectivity index (χ2n) is 7.18. The minimum absolute atomic E-state index is 0.00417. The fourth-order valence-corrected chi connectivity index (χ4v) is 5.10. The molecule has 6 atom stereocenters. The highest BCUT2D eigenvalue weighted by Crippen LogP contribution is 2.65. The van der Waals surface area contributed by atoms with Crippen molar-refractivity contribution in [3.63, 3.8) is 0 Å². The van der Waals surface area contributed by atoms with Crippen molar-refractivity contribution in [2.75, 3.05) is 4.90 Å². The second kappa shape index (κ2) is 4.29. The fraction of sp³-hybridized carbons (Fsp3) is 0.444. The topological polar surface area (TPSA) is 37.4 Å². The van der Waals surface area contributed by atoms with Crippen molar-refractivity contribution >= 4 is 17.5 Å². The number of allylic oxidation sites excluding steroid dienone is 2. The van der Waals surface area contributed by atoms with Crippen LogP contribution in [0, 0.1) is 35.5 Å². The summed E-state index contributed by atoms with van der Waals surface area (Å²) < 4.78 is 39.9. The van der Waals surface area contributed by atoms with Gasteiger partial charge in [0.25, 0.3) is 0 Å². The molecule has 0 aromatic heterocycles. The fourth-order valence-electron chi connectivity index (χ4n) is 5.10. The molecular weight excluding hydrogens is 319 g/mol. The summed E-state index contributed by atoms with van der Waals surface area (Å²) in [5, 5.41) is 0. The SMILES string of the molecule is O=C1[C@H]2[C@@H]3C=C[C@@H]([C@H]4C[C@H]34)[C@@H]2C(=O)N1c1ccccc1C(F)(F)F. The predicted molar refractivity (Wildman–Crippen MR) is 78.6 cm³/mol. The zero-order chi connectivity index (χ0) is 16.8. The van der Waals surface area contributed by atoms with Gasteiger partial charge in [-0.3, -0.25) is 9.59 Å². The average Bonchev–Trinajstić information content (AvgIpc) is 3.31. The van der Waals surface area contributed by atoms with E-state index in [-0.39, 0.29) is 17.5 Å². The summed E-state index contributed by atoms with van der Waals surface area (Å²) in [6.07, 6.45) is 0.425. The number of hydrogen-bond acceptors (Lipinski definition) is 2. The van der Waals surface area contributed by atoms with Crippen LogP contribution < -0.4 is 4.90 Å². The van der Waals surface area contributed by atoms with Crippen molar-refractivity contribution in [1.82, 2.24) is 0 Å². The van der Waals surface area contributed by atoms with E-state index in [1.165, 1.54) is 18.2 Å². The Kier molecular flexibility index (Phi) is 2.55. The van der Waals surface area contributed by atoms with Crippen LogP contribution in [0.5, 0.6) is 0 Å². The third-order valence-electron chi connectivity index (χ3n) is 6.11. The van der Waals surface area contributed by atoms with Crippen molar-refractivity contribution in [2.24, 2.45) is 35.5 Å². The summed E-state index contributed by atoms with van der Waals surface area (Å²) in [5.74, 6) is -1.05. The highest BCUT2D eigenvalue weighted by atomic mass is 19.4. The molecule has 0 radical (unpaired) electrons. The maximum absolute atomic E-state index is 13.3. The highest BCUT2D eigenvalue weighted by molar-refractivity contribution is 6.23. The van der Waals surface area contributed by atoms with E-state index in [9.17, 15) is 22.8 Å². The maximum atomic E-state index is 13.3. The molecule has 0 N–H and O–H groups in total. The number of rotatable bonds is 1. The van der Waals surface area contributed by atoms with E-state index in [4.69, 9.17) is 0 Å². The van der Waals surface area contributed by atoms with Gasteiger partial charge in [-0.25, -0.2) is 4.90 Å². The van der Waals surface area contributed by atoms with Gasteiger partial charge in [0.05, 0.1) is 23.1 Å². The number of imide groups is 1. The number of alkyl halides is 3. The van der Waals surface area contributed by atoms with E-state index >= 15 is 0 Å². The van der Waals surface area contributed by atoms with Crippen LogP contribution in [0.2, 0.25) is 0 Å². The first-order chi connectivity index (χ1) is 11.4. The molecule has 2 bridgehead atoms. The molecule has 6 rings (SSSR count). The minimum Gasteiger partial charge on any atom is -0.274 e. The molecule has 1 saturated heterocycles. The van der Waals surface area contributed by atoms with Gasteiger partial charge in [-0.1, -0.05) is 24.3 Å². The first-order valence-electron chi connectivity index (χ1n) is 8.12. The smallest absolute Gasteiger partial charge is 0.274 e. The van der Waals surface area contributed by atoms with Crippen LogP contribution in [-0.2, 0) is 15.8 Å². The lowest BCUT2D eigenvalue weighted by Crippen LogP contribution is -2.40. The Hall–Kier alpha value is -2.11. The summed E-state index contributed by atoms with van der Waals surface area (Å²) in [6.45, 7) is 0. The number of halogens is 3. The Morgan fingerprint density at radius 2 is 1.46 bits per heavy atom. The van der Waals surface area contributed by atoms with Crippen LogP contribution in [0.3, 0.4) is 0 Å². The molecule has 1 aromatic carbocycles. The number of amides is 2. The lowest BCUT2D eigenvalue weighted by atomic mass is 9.63. The summed E-state index contributed by atoms with van der Waals surface area (Å²) in [7, 11) is 0. The summed E-state index contributed by atoms with van der Waals surface area (Å²) in [5.41, 5.74) is -1.27. The van der Waals surface area contributed by atoms with Crippen LogP contribution in [0.4, 0.5) is 18.9 Å². The van der Waals surface area contributed by atoms with Crippen LogP contribution in [0.1, 0.15) is 12.0 Å². The molecule has 4 aliphatic carbocycles. The first-order valence-corrected chi connectivity index (χ1v) is 8.12. The van der Waals surface area contributed by atoms with Gasteiger partial charge >= 0.3 is 6.18 Å². The Balaban J connectivity index is 1.61. The zero-order valence-corrected chi connectivity index (χ0v) is 12.5. The number of anilines is 1. The Labute approximate surface area is 136 Å². The van der Waals surface area contributed by atoms with E-state index in [0.717, 1.165) is 17.4 Å². The van der Waals surface area contributed by atoms with Gasteiger partial charge in [0.2, 0.25) is 11.8 Å². The Morgan fingerprint density at radius 1 is 0.917 bits per heavy atom. The summed E-state index contributed by atoms with van der Waals surface area (Å²) in [4.78, 5) is 26.6. The molecule has 0 unspecified atom stereocenters. The van der Waals surface area contributed by atoms with Gasteiger partial charge in [-0.15, -0.1) is 0 Å². The second-order valence-corrected chi connectivity index (χ2v) is 7.18. The molecule has 124 valence electrons. The van der Waals surface area contributed by atoms with Gasteiger partial charge in [0, 0.05) is 0 Å². The minimum atomic E-state index is -4.61. The number of hydrogen-bond donors (Lipinski definition) is 0. The predicted octanol–water partition coefficient (Wildman–Crippen LogP) is 3.26. The summed E-state index contributed by atoms with van der Waals surface area (Å²) in [6, 6.07) is 4.83. The third-order valence-corrected chi connectivity index (χ3v) is 6.11. The Morgan fingerprint density at radius 3 is 2.00 bits per heavy atom. The van der Waals surface area contributed by atoms with Crippen molar-refractivity contribution in [3.05, 3.63) is 42.0 Å². The van der Waals surface area contributed by atoms with E-state index in [1.807, 2.05) is 12.2 Å². The molecule has 2 saturated carbocycles. The van der Waals surface area contributed by atoms with Gasteiger partial charge in [-0.05, 0) is 42.2 Å². The van der Waals surface area contributed by atoms with Gasteiger partial charge in [0.1, 0.15) is 0 Å². The molecule has 6 heteroatoms. The van der Waals surface area contributed by atoms with Gasteiger partial charge in [-0.2, -0.15) is 13.2 Å². The van der Waals surface area contributed by atoms with Crippen molar-refractivity contribution in [1.29, 1.82) is 0 Å². The average molecular weight is 333 g/mol. The van der Waals surface area contributed by atoms with Crippen LogP contribution in [-0.4, -0.2) is 11.8 Å². The molecule has 1 aliphatic heterocycles. The monoisotopic (exact) mass is 333 g/mol. The number of para-hydroxylation sites is 1. The van der Waals surface area contributed by atoms with Gasteiger partial charge < -0.3 is 0 Å². The number of carbonyl (C=O) groups excluding carboxylic acids is 2. The van der Waals surface area contributed by atoms with Crippen molar-refractivity contribution < 1.29 is 22.8 Å². The largest absolute Gasteiger partial charge is 0.418 e. The number of carbonyl (C=O) groups is 2. The normalized spacial score (nSPS) is 39.2. The van der Waals surface area contributed by atoms with Crippen molar-refractivity contribution in [2.45, 2.75) is 12.6 Å².